The highest BCUT2D eigenvalue weighted by Crippen LogP contribution is 2.18. The lowest BCUT2D eigenvalue weighted by atomic mass is 9.95. The van der Waals surface area contributed by atoms with Crippen LogP contribution >= 0.6 is 0 Å². The summed E-state index contributed by atoms with van der Waals surface area (Å²) in [4.78, 5) is 28.4. The van der Waals surface area contributed by atoms with E-state index in [9.17, 15) is 9.59 Å². The second-order valence-electron chi connectivity index (χ2n) is 5.46. The van der Waals surface area contributed by atoms with Crippen LogP contribution in [0.25, 0.3) is 16.7 Å². The highest BCUT2D eigenvalue weighted by atomic mass is 16.1. The molecule has 0 atom stereocenters. The van der Waals surface area contributed by atoms with E-state index >= 15 is 0 Å². The summed E-state index contributed by atoms with van der Waals surface area (Å²) in [5, 5.41) is 3.26. The molecule has 1 aliphatic carbocycles. The minimum Gasteiger partial charge on any atom is -0.343 e. The molecule has 4 rings (SSSR count). The number of nitrogens with one attached hydrogen (secondary N) is 2. The highest BCUT2D eigenvalue weighted by molar-refractivity contribution is 5.75. The molecule has 5 nitrogen and oxygen atoms in total. The van der Waals surface area contributed by atoms with Gasteiger partial charge in [-0.1, -0.05) is 18.2 Å². The van der Waals surface area contributed by atoms with E-state index in [1.54, 1.807) is 0 Å². The van der Waals surface area contributed by atoms with Crippen molar-refractivity contribution in [2.75, 3.05) is 0 Å². The topological polar surface area (TPSA) is 70.7 Å². The maximum Gasteiger partial charge on any atom is 0.284 e. The van der Waals surface area contributed by atoms with Gasteiger partial charge in [-0.25, -0.2) is 4.68 Å². The van der Waals surface area contributed by atoms with Gasteiger partial charge in [0.1, 0.15) is 11.0 Å². The van der Waals surface area contributed by atoms with Crippen LogP contribution in [0.15, 0.2) is 39.9 Å². The number of aromatic amines is 2. The fourth-order valence-electron chi connectivity index (χ4n) is 3.09. The average molecular weight is 281 g/mol. The second kappa shape index (κ2) is 4.48. The number of benzene rings is 1. The first-order valence-electron chi connectivity index (χ1n) is 7.20. The summed E-state index contributed by atoms with van der Waals surface area (Å²) in [6, 6.07) is 9.28. The average Bonchev–Trinajstić information content (AvgIpc) is 2.85. The van der Waals surface area contributed by atoms with Crippen molar-refractivity contribution in [2.45, 2.75) is 25.7 Å². The molecule has 2 heterocycles. The largest absolute Gasteiger partial charge is 0.343 e. The first-order valence-corrected chi connectivity index (χ1v) is 7.20. The van der Waals surface area contributed by atoms with Gasteiger partial charge in [0.05, 0.1) is 5.69 Å². The Hall–Kier alpha value is -2.56. The third kappa shape index (κ3) is 1.77. The monoisotopic (exact) mass is 281 g/mol. The van der Waals surface area contributed by atoms with Crippen LogP contribution < -0.4 is 11.0 Å². The number of aromatic nitrogens is 3. The number of hydrogen-bond acceptors (Lipinski definition) is 2. The van der Waals surface area contributed by atoms with E-state index in [1.165, 1.54) is 4.68 Å². The molecule has 0 saturated carbocycles. The van der Waals surface area contributed by atoms with Crippen molar-refractivity contribution in [1.82, 2.24) is 14.8 Å². The van der Waals surface area contributed by atoms with Gasteiger partial charge in [0, 0.05) is 11.3 Å². The number of hydrogen-bond donors (Lipinski definition) is 2. The Labute approximate surface area is 120 Å². The van der Waals surface area contributed by atoms with Crippen LogP contribution in [0.1, 0.15) is 24.1 Å². The van der Waals surface area contributed by atoms with Gasteiger partial charge in [0.15, 0.2) is 5.43 Å². The summed E-state index contributed by atoms with van der Waals surface area (Å²) >= 11 is 0. The van der Waals surface area contributed by atoms with Crippen LogP contribution in [0.5, 0.6) is 0 Å². The molecule has 0 bridgehead atoms. The van der Waals surface area contributed by atoms with E-state index in [0.717, 1.165) is 42.6 Å². The Morgan fingerprint density at radius 1 is 1.00 bits per heavy atom. The van der Waals surface area contributed by atoms with Gasteiger partial charge in [-0.2, -0.15) is 0 Å². The summed E-state index contributed by atoms with van der Waals surface area (Å²) in [7, 11) is 0. The molecule has 0 saturated heterocycles. The number of pyridine rings is 1. The third-order valence-corrected chi connectivity index (χ3v) is 4.15. The molecule has 5 heteroatoms. The molecule has 0 fully saturated rings. The number of rotatable bonds is 1. The van der Waals surface area contributed by atoms with Gasteiger partial charge in [-0.05, 0) is 37.8 Å². The minimum absolute atomic E-state index is 0.116. The lowest BCUT2D eigenvalue weighted by Crippen LogP contribution is -2.23. The Balaban J connectivity index is 2.06. The molecule has 21 heavy (non-hydrogen) atoms. The fourth-order valence-corrected chi connectivity index (χ4v) is 3.09. The van der Waals surface area contributed by atoms with Gasteiger partial charge in [-0.3, -0.25) is 14.7 Å². The lowest BCUT2D eigenvalue weighted by molar-refractivity contribution is 0.667. The molecule has 0 radical (unpaired) electrons. The van der Waals surface area contributed by atoms with Gasteiger partial charge in [-0.15, -0.1) is 0 Å². The molecule has 0 amide bonds. The van der Waals surface area contributed by atoms with Crippen molar-refractivity contribution in [1.29, 1.82) is 0 Å². The number of para-hydroxylation sites is 1. The molecule has 3 aromatic rings. The molecule has 0 spiro atoms. The van der Waals surface area contributed by atoms with Crippen molar-refractivity contribution >= 4 is 11.0 Å². The molecule has 106 valence electrons. The van der Waals surface area contributed by atoms with Crippen molar-refractivity contribution in [2.24, 2.45) is 0 Å². The first kappa shape index (κ1) is 12.2. The number of fused-ring (bicyclic) bond motifs is 2. The predicted molar refractivity (Wildman–Crippen MR) is 81.2 cm³/mol. The van der Waals surface area contributed by atoms with E-state index in [4.69, 9.17) is 0 Å². The van der Waals surface area contributed by atoms with E-state index in [0.29, 0.717) is 5.65 Å². The quantitative estimate of drug-likeness (QED) is 0.715. The van der Waals surface area contributed by atoms with E-state index in [1.807, 2.05) is 30.3 Å². The smallest absolute Gasteiger partial charge is 0.284 e. The second-order valence-corrected chi connectivity index (χ2v) is 5.46. The minimum atomic E-state index is -0.286. The fraction of sp³-hybridized carbons (Fsp3) is 0.250. The SMILES string of the molecule is O=c1c2c([nH]c3[nH]n(-c4ccccc4)c(=O)c13)CCCC2. The maximum absolute atomic E-state index is 12.6. The van der Waals surface area contributed by atoms with Crippen LogP contribution in [0.4, 0.5) is 0 Å². The van der Waals surface area contributed by atoms with Crippen molar-refractivity contribution in [3.05, 3.63) is 62.2 Å². The lowest BCUT2D eigenvalue weighted by Gasteiger charge is -2.13. The molecule has 1 aliphatic rings. The van der Waals surface area contributed by atoms with Gasteiger partial charge < -0.3 is 4.98 Å². The van der Waals surface area contributed by atoms with Crippen molar-refractivity contribution < 1.29 is 0 Å². The number of H-pyrrole nitrogens is 2. The Morgan fingerprint density at radius 2 is 1.76 bits per heavy atom. The Morgan fingerprint density at radius 3 is 2.57 bits per heavy atom. The molecule has 2 aromatic heterocycles. The molecule has 0 aliphatic heterocycles. The Bertz CT molecular complexity index is 932. The zero-order valence-electron chi connectivity index (χ0n) is 11.5. The molecular weight excluding hydrogens is 266 g/mol. The van der Waals surface area contributed by atoms with Gasteiger partial charge >= 0.3 is 0 Å². The standard InChI is InChI=1S/C16H15N3O2/c20-14-11-8-4-5-9-12(11)17-15-13(14)16(21)19(18-15)10-6-2-1-3-7-10/h1-3,6-7H,4-5,8-9H2,(H2,17,18,20). The summed E-state index contributed by atoms with van der Waals surface area (Å²) in [6.45, 7) is 0. The number of nitrogens with zero attached hydrogens (tertiary/aromatic N) is 1. The van der Waals surface area contributed by atoms with E-state index in [-0.39, 0.29) is 16.4 Å². The third-order valence-electron chi connectivity index (χ3n) is 4.15. The van der Waals surface area contributed by atoms with Gasteiger partial charge in [0.2, 0.25) is 0 Å². The van der Waals surface area contributed by atoms with Gasteiger partial charge in [0.25, 0.3) is 5.56 Å². The molecular formula is C16H15N3O2. The summed E-state index contributed by atoms with van der Waals surface area (Å²) in [5.41, 5.74) is 2.60. The summed E-state index contributed by atoms with van der Waals surface area (Å²) in [6.07, 6.45) is 3.73. The molecule has 0 unspecified atom stereocenters. The van der Waals surface area contributed by atoms with E-state index in [2.05, 4.69) is 10.1 Å². The normalized spacial score (nSPS) is 14.3. The molecule has 1 aromatic carbocycles. The highest BCUT2D eigenvalue weighted by Gasteiger charge is 2.20. The Kier molecular flexibility index (Phi) is 2.60. The predicted octanol–water partition coefficient (Wildman–Crippen LogP) is 1.89. The van der Waals surface area contributed by atoms with Crippen molar-refractivity contribution in [3.8, 4) is 5.69 Å². The van der Waals surface area contributed by atoms with E-state index < -0.39 is 0 Å². The molecule has 2 N–H and O–H groups in total. The van der Waals surface area contributed by atoms with Crippen LogP contribution in [0, 0.1) is 0 Å². The zero-order chi connectivity index (χ0) is 14.4. The number of aryl methyl sites for hydroxylation is 1. The summed E-state index contributed by atoms with van der Waals surface area (Å²) < 4.78 is 1.42. The van der Waals surface area contributed by atoms with Crippen LogP contribution in [-0.4, -0.2) is 14.8 Å². The maximum atomic E-state index is 12.6. The first-order chi connectivity index (χ1) is 10.3. The zero-order valence-corrected chi connectivity index (χ0v) is 11.5. The van der Waals surface area contributed by atoms with Crippen LogP contribution in [0.3, 0.4) is 0 Å². The van der Waals surface area contributed by atoms with Crippen LogP contribution in [0.2, 0.25) is 0 Å². The van der Waals surface area contributed by atoms with Crippen LogP contribution in [-0.2, 0) is 12.8 Å². The van der Waals surface area contributed by atoms with Crippen molar-refractivity contribution in [3.63, 3.8) is 0 Å². The summed E-state index contributed by atoms with van der Waals surface area (Å²) in [5.74, 6) is 0.